The zero-order chi connectivity index (χ0) is 9.14. The summed E-state index contributed by atoms with van der Waals surface area (Å²) in [6.45, 7) is 3.06. The molecule has 0 saturated heterocycles. The summed E-state index contributed by atoms with van der Waals surface area (Å²) in [5.74, 6) is -0.244. The van der Waals surface area contributed by atoms with Gasteiger partial charge < -0.3 is 4.74 Å². The van der Waals surface area contributed by atoms with Crippen molar-refractivity contribution >= 4 is 11.8 Å². The first-order valence-electron chi connectivity index (χ1n) is 4.01. The molecule has 1 unspecified atom stereocenters. The lowest BCUT2D eigenvalue weighted by molar-refractivity contribution is -0.144. The summed E-state index contributed by atoms with van der Waals surface area (Å²) in [6.07, 6.45) is 2.80. The van der Waals surface area contributed by atoms with Gasteiger partial charge in [0.2, 0.25) is 0 Å². The molecule has 66 valence electrons. The number of hydrogen-bond acceptors (Lipinski definition) is 3. The lowest BCUT2D eigenvalue weighted by Gasteiger charge is -2.11. The number of carbonyl (C=O) groups is 2. The number of ether oxygens (including phenoxy) is 1. The molecule has 0 radical (unpaired) electrons. The summed E-state index contributed by atoms with van der Waals surface area (Å²) in [4.78, 5) is 21.7. The molecule has 1 atom stereocenters. The van der Waals surface area contributed by atoms with Crippen LogP contribution in [0.25, 0.3) is 0 Å². The first kappa shape index (κ1) is 8.97. The van der Waals surface area contributed by atoms with E-state index in [-0.39, 0.29) is 17.9 Å². The molecule has 1 aliphatic rings. The summed E-state index contributed by atoms with van der Waals surface area (Å²) < 4.78 is 4.88. The fourth-order valence-electron chi connectivity index (χ4n) is 1.32. The van der Waals surface area contributed by atoms with Crippen LogP contribution in [-0.2, 0) is 14.3 Å². The van der Waals surface area contributed by atoms with Crippen LogP contribution in [-0.4, -0.2) is 17.9 Å². The van der Waals surface area contributed by atoms with E-state index in [1.54, 1.807) is 6.92 Å². The van der Waals surface area contributed by atoms with Crippen LogP contribution < -0.4 is 0 Å². The molecular weight excluding hydrogens is 156 g/mol. The van der Waals surface area contributed by atoms with Gasteiger partial charge in [0.15, 0.2) is 5.78 Å². The Morgan fingerprint density at radius 3 is 2.75 bits per heavy atom. The third-order valence-electron chi connectivity index (χ3n) is 1.84. The lowest BCUT2D eigenvalue weighted by atomic mass is 10.1. The zero-order valence-corrected chi connectivity index (χ0v) is 7.29. The minimum atomic E-state index is -0.377. The molecule has 0 amide bonds. The Hall–Kier alpha value is -1.12. The van der Waals surface area contributed by atoms with E-state index in [9.17, 15) is 9.59 Å². The van der Waals surface area contributed by atoms with Crippen LogP contribution in [0.1, 0.15) is 26.7 Å². The van der Waals surface area contributed by atoms with Crippen molar-refractivity contribution in [2.24, 2.45) is 0 Å². The summed E-state index contributed by atoms with van der Waals surface area (Å²) >= 11 is 0. The van der Waals surface area contributed by atoms with Gasteiger partial charge in [0.05, 0.1) is 0 Å². The van der Waals surface area contributed by atoms with Crippen LogP contribution in [0.5, 0.6) is 0 Å². The van der Waals surface area contributed by atoms with Crippen molar-refractivity contribution < 1.29 is 14.3 Å². The highest BCUT2D eigenvalue weighted by atomic mass is 16.5. The van der Waals surface area contributed by atoms with Gasteiger partial charge in [0, 0.05) is 18.9 Å². The summed E-state index contributed by atoms with van der Waals surface area (Å²) in [7, 11) is 0. The average molecular weight is 168 g/mol. The SMILES string of the molecule is CC(=O)OC(C)C1=CCCC1=O. The fourth-order valence-corrected chi connectivity index (χ4v) is 1.32. The highest BCUT2D eigenvalue weighted by molar-refractivity contribution is 5.98. The molecule has 0 aliphatic heterocycles. The quantitative estimate of drug-likeness (QED) is 0.582. The maximum absolute atomic E-state index is 11.1. The standard InChI is InChI=1S/C9H12O3/c1-6(12-7(2)10)8-4-3-5-9(8)11/h4,6H,3,5H2,1-2H3. The van der Waals surface area contributed by atoms with Gasteiger partial charge in [-0.1, -0.05) is 6.08 Å². The normalized spacial score (nSPS) is 18.8. The maximum atomic E-state index is 11.1. The van der Waals surface area contributed by atoms with Crippen molar-refractivity contribution in [2.45, 2.75) is 32.8 Å². The van der Waals surface area contributed by atoms with Crippen LogP contribution in [0.15, 0.2) is 11.6 Å². The molecule has 1 aliphatic carbocycles. The molecule has 0 heterocycles. The van der Waals surface area contributed by atoms with Crippen LogP contribution in [0.3, 0.4) is 0 Å². The molecule has 12 heavy (non-hydrogen) atoms. The van der Waals surface area contributed by atoms with E-state index in [1.807, 2.05) is 6.08 Å². The van der Waals surface area contributed by atoms with Crippen molar-refractivity contribution in [3.05, 3.63) is 11.6 Å². The number of Topliss-reactive ketones (excluding diaryl/α,β-unsaturated/α-hetero) is 1. The summed E-state index contributed by atoms with van der Waals surface area (Å²) in [5, 5.41) is 0. The molecule has 3 nitrogen and oxygen atoms in total. The molecule has 0 N–H and O–H groups in total. The summed E-state index contributed by atoms with van der Waals surface area (Å²) in [5.41, 5.74) is 0.644. The fraction of sp³-hybridized carbons (Fsp3) is 0.556. The van der Waals surface area contributed by atoms with Crippen LogP contribution >= 0.6 is 0 Å². The van der Waals surface area contributed by atoms with E-state index in [4.69, 9.17) is 4.74 Å². The maximum Gasteiger partial charge on any atom is 0.303 e. The first-order valence-corrected chi connectivity index (χ1v) is 4.01. The van der Waals surface area contributed by atoms with E-state index in [0.29, 0.717) is 12.0 Å². The number of esters is 1. The predicted octanol–water partition coefficient (Wildman–Crippen LogP) is 1.23. The second-order valence-electron chi connectivity index (χ2n) is 2.87. The first-order chi connectivity index (χ1) is 5.61. The number of allylic oxidation sites excluding steroid dienone is 1. The Morgan fingerprint density at radius 2 is 2.33 bits per heavy atom. The largest absolute Gasteiger partial charge is 0.458 e. The minimum absolute atomic E-state index is 0.101. The topological polar surface area (TPSA) is 43.4 Å². The average Bonchev–Trinajstić information content (AvgIpc) is 2.33. The van der Waals surface area contributed by atoms with Gasteiger partial charge in [-0.15, -0.1) is 0 Å². The van der Waals surface area contributed by atoms with E-state index in [0.717, 1.165) is 6.42 Å². The second kappa shape index (κ2) is 3.52. The number of hydrogen-bond donors (Lipinski definition) is 0. The number of carbonyl (C=O) groups excluding carboxylic acids is 2. The number of rotatable bonds is 2. The van der Waals surface area contributed by atoms with Gasteiger partial charge in [-0.05, 0) is 13.3 Å². The smallest absolute Gasteiger partial charge is 0.303 e. The Balaban J connectivity index is 2.57. The molecule has 0 aromatic carbocycles. The number of ketones is 1. The molecule has 0 bridgehead atoms. The van der Waals surface area contributed by atoms with E-state index in [2.05, 4.69) is 0 Å². The second-order valence-corrected chi connectivity index (χ2v) is 2.87. The van der Waals surface area contributed by atoms with Gasteiger partial charge in [0.25, 0.3) is 0 Å². The highest BCUT2D eigenvalue weighted by Crippen LogP contribution is 2.19. The van der Waals surface area contributed by atoms with E-state index >= 15 is 0 Å². The third-order valence-corrected chi connectivity index (χ3v) is 1.84. The third kappa shape index (κ3) is 1.94. The van der Waals surface area contributed by atoms with Crippen LogP contribution in [0.4, 0.5) is 0 Å². The Morgan fingerprint density at radius 1 is 1.67 bits per heavy atom. The van der Waals surface area contributed by atoms with Crippen molar-refractivity contribution in [1.82, 2.24) is 0 Å². The van der Waals surface area contributed by atoms with Crippen molar-refractivity contribution in [2.75, 3.05) is 0 Å². The van der Waals surface area contributed by atoms with Gasteiger partial charge in [-0.25, -0.2) is 0 Å². The molecule has 3 heteroatoms. The zero-order valence-electron chi connectivity index (χ0n) is 7.29. The van der Waals surface area contributed by atoms with Crippen LogP contribution in [0, 0.1) is 0 Å². The van der Waals surface area contributed by atoms with Gasteiger partial charge in [-0.3, -0.25) is 9.59 Å². The molecule has 0 saturated carbocycles. The molecule has 0 fully saturated rings. The highest BCUT2D eigenvalue weighted by Gasteiger charge is 2.22. The van der Waals surface area contributed by atoms with Gasteiger partial charge in [-0.2, -0.15) is 0 Å². The Kier molecular flexibility index (Phi) is 2.63. The molecule has 0 aromatic heterocycles. The predicted molar refractivity (Wildman–Crippen MR) is 43.6 cm³/mol. The molecule has 1 rings (SSSR count). The van der Waals surface area contributed by atoms with Gasteiger partial charge >= 0.3 is 5.97 Å². The van der Waals surface area contributed by atoms with Gasteiger partial charge in [0.1, 0.15) is 6.10 Å². The monoisotopic (exact) mass is 168 g/mol. The molecular formula is C9H12O3. The molecule has 0 aromatic rings. The molecule has 0 spiro atoms. The van der Waals surface area contributed by atoms with Crippen molar-refractivity contribution in [3.8, 4) is 0 Å². The van der Waals surface area contributed by atoms with E-state index < -0.39 is 0 Å². The Bertz CT molecular complexity index is 240. The van der Waals surface area contributed by atoms with Crippen molar-refractivity contribution in [3.63, 3.8) is 0 Å². The van der Waals surface area contributed by atoms with E-state index in [1.165, 1.54) is 6.92 Å². The lowest BCUT2D eigenvalue weighted by Crippen LogP contribution is -2.18. The van der Waals surface area contributed by atoms with Crippen molar-refractivity contribution in [1.29, 1.82) is 0 Å². The minimum Gasteiger partial charge on any atom is -0.458 e. The van der Waals surface area contributed by atoms with Crippen LogP contribution in [0.2, 0.25) is 0 Å². The summed E-state index contributed by atoms with van der Waals surface area (Å²) in [6, 6.07) is 0. The Labute approximate surface area is 71.4 Å².